The Labute approximate surface area is 207 Å². The van der Waals surface area contributed by atoms with Crippen molar-refractivity contribution in [1.29, 1.82) is 0 Å². The van der Waals surface area contributed by atoms with Gasteiger partial charge in [-0.25, -0.2) is 0 Å². The molecule has 0 unspecified atom stereocenters. The Balaban J connectivity index is 1.63. The smallest absolute Gasteiger partial charge is 0.138 e. The van der Waals surface area contributed by atoms with Crippen LogP contribution in [0.5, 0.6) is 0 Å². The molecule has 8 atom stereocenters. The van der Waals surface area contributed by atoms with Gasteiger partial charge in [0.25, 0.3) is 0 Å². The predicted octanol–water partition coefficient (Wildman–Crippen LogP) is 5.82. The van der Waals surface area contributed by atoms with Gasteiger partial charge in [0.1, 0.15) is 11.9 Å². The van der Waals surface area contributed by atoms with Crippen LogP contribution >= 0.6 is 0 Å². The summed E-state index contributed by atoms with van der Waals surface area (Å²) in [6.07, 6.45) is 7.08. The van der Waals surface area contributed by atoms with Crippen LogP contribution in [0.4, 0.5) is 0 Å². The Bertz CT molecular complexity index is 866. The summed E-state index contributed by atoms with van der Waals surface area (Å²) in [7, 11) is 0. The van der Waals surface area contributed by atoms with Crippen LogP contribution in [0.1, 0.15) is 113 Å². The summed E-state index contributed by atoms with van der Waals surface area (Å²) in [5, 5.41) is 31.2. The van der Waals surface area contributed by atoms with Gasteiger partial charge in [-0.05, 0) is 99.2 Å². The number of rotatable bonds is 5. The number of Topliss-reactive ketones (excluding diaryl/α,β-unsaturated/α-hetero) is 1. The molecule has 0 aliphatic heterocycles. The van der Waals surface area contributed by atoms with Crippen LogP contribution in [0, 0.1) is 39.4 Å². The van der Waals surface area contributed by atoms with E-state index in [0.29, 0.717) is 24.0 Å². The van der Waals surface area contributed by atoms with E-state index < -0.39 is 17.8 Å². The lowest BCUT2D eigenvalue weighted by molar-refractivity contribution is -0.180. The molecule has 0 aromatic rings. The summed E-state index contributed by atoms with van der Waals surface area (Å²) < 4.78 is 0. The third-order valence-electron chi connectivity index (χ3n) is 12.0. The molecular formula is C30H50O4. The first-order chi connectivity index (χ1) is 15.5. The minimum Gasteiger partial charge on any atom is -0.390 e. The topological polar surface area (TPSA) is 77.8 Å². The van der Waals surface area contributed by atoms with Crippen molar-refractivity contribution in [2.45, 2.75) is 131 Å². The summed E-state index contributed by atoms with van der Waals surface area (Å²) in [5.41, 5.74) is 2.22. The van der Waals surface area contributed by atoms with Gasteiger partial charge in [0.05, 0.1) is 11.7 Å². The maximum Gasteiger partial charge on any atom is 0.138 e. The SMILES string of the molecule is C[C@H](C[C@H](O)[C@@H](O)C(C)(C)O)C1=C2CC[C@H]3[C@@]4(C)CCC(=O)C(C)(C)[C@H]4CC[C@]3(C)[C@@]2(C)CC1. The number of carbonyl (C=O) groups excluding carboxylic acids is 1. The largest absolute Gasteiger partial charge is 0.390 e. The third-order valence-corrected chi connectivity index (χ3v) is 12.0. The third kappa shape index (κ3) is 3.60. The molecule has 3 fully saturated rings. The van der Waals surface area contributed by atoms with Crippen molar-refractivity contribution >= 4 is 5.78 Å². The van der Waals surface area contributed by atoms with Crippen LogP contribution in [-0.4, -0.2) is 38.9 Å². The number of hydrogen-bond donors (Lipinski definition) is 3. The Morgan fingerprint density at radius 3 is 2.21 bits per heavy atom. The number of ketones is 1. The molecular weight excluding hydrogens is 424 g/mol. The van der Waals surface area contributed by atoms with E-state index in [1.807, 2.05) is 0 Å². The van der Waals surface area contributed by atoms with Gasteiger partial charge in [-0.2, -0.15) is 0 Å². The van der Waals surface area contributed by atoms with Crippen LogP contribution in [0.3, 0.4) is 0 Å². The van der Waals surface area contributed by atoms with Gasteiger partial charge < -0.3 is 15.3 Å². The van der Waals surface area contributed by atoms with E-state index in [2.05, 4.69) is 41.5 Å². The number of carbonyl (C=O) groups is 1. The fraction of sp³-hybridized carbons (Fsp3) is 0.900. The summed E-state index contributed by atoms with van der Waals surface area (Å²) in [5.74, 6) is 1.77. The van der Waals surface area contributed by atoms with E-state index in [-0.39, 0.29) is 27.6 Å². The molecule has 3 N–H and O–H groups in total. The lowest BCUT2D eigenvalue weighted by Gasteiger charge is -2.68. The molecule has 194 valence electrons. The molecule has 0 saturated heterocycles. The maximum atomic E-state index is 12.9. The quantitative estimate of drug-likeness (QED) is 0.439. The molecule has 4 aliphatic rings. The number of aliphatic hydroxyl groups is 3. The minimum atomic E-state index is -1.31. The molecule has 0 bridgehead atoms. The highest BCUT2D eigenvalue weighted by Gasteiger charge is 2.66. The summed E-state index contributed by atoms with van der Waals surface area (Å²) >= 11 is 0. The zero-order valence-electron chi connectivity index (χ0n) is 23.0. The summed E-state index contributed by atoms with van der Waals surface area (Å²) in [4.78, 5) is 12.9. The molecule has 3 saturated carbocycles. The Kier molecular flexibility index (Phi) is 6.32. The van der Waals surface area contributed by atoms with Crippen molar-refractivity contribution in [2.24, 2.45) is 39.4 Å². The van der Waals surface area contributed by atoms with Gasteiger partial charge in [-0.15, -0.1) is 0 Å². The lowest BCUT2D eigenvalue weighted by Crippen LogP contribution is -2.62. The fourth-order valence-corrected chi connectivity index (χ4v) is 9.70. The average molecular weight is 475 g/mol. The van der Waals surface area contributed by atoms with Crippen LogP contribution in [0.25, 0.3) is 0 Å². The Hall–Kier alpha value is -0.710. The van der Waals surface area contributed by atoms with Crippen molar-refractivity contribution in [1.82, 2.24) is 0 Å². The highest BCUT2D eigenvalue weighted by atomic mass is 16.4. The molecule has 4 nitrogen and oxygen atoms in total. The predicted molar refractivity (Wildman–Crippen MR) is 136 cm³/mol. The van der Waals surface area contributed by atoms with Crippen molar-refractivity contribution in [2.75, 3.05) is 0 Å². The zero-order chi connectivity index (χ0) is 25.5. The Morgan fingerprint density at radius 2 is 1.59 bits per heavy atom. The molecule has 34 heavy (non-hydrogen) atoms. The number of aliphatic hydroxyl groups excluding tert-OH is 2. The van der Waals surface area contributed by atoms with Crippen molar-refractivity contribution in [3.8, 4) is 0 Å². The highest BCUT2D eigenvalue weighted by molar-refractivity contribution is 5.85. The zero-order valence-corrected chi connectivity index (χ0v) is 23.0. The Morgan fingerprint density at radius 1 is 0.941 bits per heavy atom. The van der Waals surface area contributed by atoms with Crippen LogP contribution in [0.2, 0.25) is 0 Å². The average Bonchev–Trinajstić information content (AvgIpc) is 3.08. The van der Waals surface area contributed by atoms with Crippen molar-refractivity contribution < 1.29 is 20.1 Å². The maximum absolute atomic E-state index is 12.9. The standard InChI is InChI=1S/C30H50O4/c1-18(17-21(31)25(33)27(4,5)34)19-11-15-29(7)20(19)9-10-23-28(6)14-13-24(32)26(2,3)22(28)12-16-30(23,29)8/h18,21-23,25,31,33-34H,9-17H2,1-8H3/t18-,21+,22-,23+,25-,28+,29+,30+/m1/s1. The number of hydrogen-bond acceptors (Lipinski definition) is 4. The molecule has 0 spiro atoms. The van der Waals surface area contributed by atoms with E-state index in [1.165, 1.54) is 24.8 Å². The fourth-order valence-electron chi connectivity index (χ4n) is 9.70. The van der Waals surface area contributed by atoms with Gasteiger partial charge in [-0.3, -0.25) is 4.79 Å². The number of fused-ring (bicyclic) bond motifs is 5. The first-order valence-electron chi connectivity index (χ1n) is 13.8. The molecule has 0 amide bonds. The van der Waals surface area contributed by atoms with Gasteiger partial charge in [0, 0.05) is 11.8 Å². The second-order valence-corrected chi connectivity index (χ2v) is 14.4. The highest BCUT2D eigenvalue weighted by Crippen LogP contribution is 2.74. The van der Waals surface area contributed by atoms with Gasteiger partial charge in [0.2, 0.25) is 0 Å². The monoisotopic (exact) mass is 474 g/mol. The van der Waals surface area contributed by atoms with E-state index in [9.17, 15) is 20.1 Å². The van der Waals surface area contributed by atoms with E-state index in [4.69, 9.17) is 0 Å². The van der Waals surface area contributed by atoms with Crippen molar-refractivity contribution in [3.63, 3.8) is 0 Å². The molecule has 4 aliphatic carbocycles. The van der Waals surface area contributed by atoms with E-state index >= 15 is 0 Å². The van der Waals surface area contributed by atoms with Crippen molar-refractivity contribution in [3.05, 3.63) is 11.1 Å². The first kappa shape index (κ1) is 26.4. The molecule has 0 aromatic carbocycles. The van der Waals surface area contributed by atoms with Gasteiger partial charge in [-0.1, -0.05) is 52.7 Å². The molecule has 4 heteroatoms. The normalized spacial score (nSPS) is 42.5. The van der Waals surface area contributed by atoms with Crippen LogP contribution in [-0.2, 0) is 4.79 Å². The second kappa shape index (κ2) is 8.15. The van der Waals surface area contributed by atoms with E-state index in [0.717, 1.165) is 32.1 Å². The van der Waals surface area contributed by atoms with Gasteiger partial charge in [0.15, 0.2) is 0 Å². The van der Waals surface area contributed by atoms with E-state index in [1.54, 1.807) is 19.4 Å². The molecule has 0 heterocycles. The van der Waals surface area contributed by atoms with Crippen LogP contribution in [0.15, 0.2) is 11.1 Å². The van der Waals surface area contributed by atoms with Gasteiger partial charge >= 0.3 is 0 Å². The molecule has 0 radical (unpaired) electrons. The lowest BCUT2D eigenvalue weighted by atomic mass is 9.36. The summed E-state index contributed by atoms with van der Waals surface area (Å²) in [6, 6.07) is 0. The molecule has 0 aromatic heterocycles. The molecule has 4 rings (SSSR count). The minimum absolute atomic E-state index is 0.166. The van der Waals surface area contributed by atoms with Crippen LogP contribution < -0.4 is 0 Å². The summed E-state index contributed by atoms with van der Waals surface area (Å²) in [6.45, 7) is 17.3. The second-order valence-electron chi connectivity index (χ2n) is 14.4. The number of allylic oxidation sites excluding steroid dienone is 2. The first-order valence-corrected chi connectivity index (χ1v) is 13.8.